The van der Waals surface area contributed by atoms with Crippen LogP contribution in [0, 0.1) is 11.6 Å². The first-order chi connectivity index (χ1) is 7.47. The third kappa shape index (κ3) is 3.34. The lowest BCUT2D eigenvalue weighted by molar-refractivity contribution is 0.139. The first-order valence-electron chi connectivity index (χ1n) is 3.87. The van der Waals surface area contributed by atoms with Crippen molar-refractivity contribution in [2.24, 2.45) is 0 Å². The van der Waals surface area contributed by atoms with Gasteiger partial charge in [-0.05, 0) is 18.2 Å². The first kappa shape index (κ1) is 13.2. The molecule has 0 aromatic heterocycles. The molecule has 0 amide bonds. The van der Waals surface area contributed by atoms with E-state index in [2.05, 4.69) is 8.71 Å². The van der Waals surface area contributed by atoms with Crippen molar-refractivity contribution in [3.05, 3.63) is 29.8 Å². The zero-order chi connectivity index (χ0) is 12.2. The van der Waals surface area contributed by atoms with Crippen LogP contribution in [-0.2, 0) is 23.4 Å². The molecule has 16 heavy (non-hydrogen) atoms. The normalized spacial score (nSPS) is 12.4. The second kappa shape index (κ2) is 5.49. The molecule has 1 aromatic carbocycles. The van der Waals surface area contributed by atoms with Crippen molar-refractivity contribution >= 4 is 18.8 Å². The molecule has 0 N–H and O–H groups in total. The molecule has 0 spiro atoms. The summed E-state index contributed by atoms with van der Waals surface area (Å²) in [6.07, 6.45) is 0. The summed E-state index contributed by atoms with van der Waals surface area (Å²) in [7, 11) is -6.09. The Bertz CT molecular complexity index is 490. The van der Waals surface area contributed by atoms with E-state index in [1.165, 1.54) is 0 Å². The lowest BCUT2D eigenvalue weighted by Crippen LogP contribution is -2.10. The molecule has 1 unspecified atom stereocenters. The summed E-state index contributed by atoms with van der Waals surface area (Å²) in [5.74, 6) is -2.06. The van der Waals surface area contributed by atoms with Gasteiger partial charge in [-0.15, -0.1) is 0 Å². The first-order valence-corrected chi connectivity index (χ1v) is 6.22. The van der Waals surface area contributed by atoms with Crippen LogP contribution in [0.1, 0.15) is 0 Å². The van der Waals surface area contributed by atoms with E-state index in [0.717, 1.165) is 6.07 Å². The fourth-order valence-corrected chi connectivity index (χ4v) is 1.95. The Morgan fingerprint density at radius 2 is 2.00 bits per heavy atom. The van der Waals surface area contributed by atoms with Gasteiger partial charge < -0.3 is 4.52 Å². The molecular weight excluding hydrogens is 265 g/mol. The fourth-order valence-electron chi connectivity index (χ4n) is 0.851. The van der Waals surface area contributed by atoms with Gasteiger partial charge in [0.25, 0.3) is 0 Å². The van der Waals surface area contributed by atoms with Crippen molar-refractivity contribution in [1.82, 2.24) is 0 Å². The van der Waals surface area contributed by atoms with Gasteiger partial charge >= 0.3 is 10.1 Å². The van der Waals surface area contributed by atoms with Gasteiger partial charge in [-0.2, -0.15) is 8.42 Å². The van der Waals surface area contributed by atoms with Gasteiger partial charge in [0.2, 0.25) is 0 Å². The van der Waals surface area contributed by atoms with Crippen LogP contribution in [0.4, 0.5) is 8.78 Å². The molecule has 1 rings (SSSR count). The zero-order valence-electron chi connectivity index (χ0n) is 7.72. The molecule has 5 nitrogen and oxygen atoms in total. The Morgan fingerprint density at radius 1 is 1.31 bits per heavy atom. The fraction of sp³-hybridized carbons (Fsp3) is 0.143. The largest absolute Gasteiger partial charge is 0.304 e. The van der Waals surface area contributed by atoms with E-state index in [9.17, 15) is 21.8 Å². The molecule has 0 fully saturated rings. The molecule has 9 heteroatoms. The van der Waals surface area contributed by atoms with Crippen LogP contribution < -0.4 is 0 Å². The topological polar surface area (TPSA) is 69.7 Å². The van der Waals surface area contributed by atoms with Crippen LogP contribution in [0.2, 0.25) is 0 Å². The van der Waals surface area contributed by atoms with E-state index < -0.39 is 42.1 Å². The molecule has 1 atom stereocenters. The molecule has 1 aromatic rings. The molecule has 0 aliphatic carbocycles. The maximum Gasteiger partial charge on any atom is 0.302 e. The molecule has 0 bridgehead atoms. The average molecular weight is 272 g/mol. The van der Waals surface area contributed by atoms with Crippen molar-refractivity contribution in [1.29, 1.82) is 0 Å². The SMILES string of the molecule is O=[PH2]OCOS(=O)(=O)c1cc(F)ccc1F. The molecule has 0 saturated heterocycles. The van der Waals surface area contributed by atoms with Crippen LogP contribution >= 0.6 is 8.69 Å². The van der Waals surface area contributed by atoms with Crippen LogP contribution in [0.25, 0.3) is 0 Å². The summed E-state index contributed by atoms with van der Waals surface area (Å²) >= 11 is 0. The minimum absolute atomic E-state index is 0.481. The Kier molecular flexibility index (Phi) is 4.55. The maximum absolute atomic E-state index is 13.1. The standard InChI is InChI=1S/C7H7F2O5PS/c8-5-1-2-6(9)7(3-5)16(11,12)14-4-13-15-10/h1-3H,4,15H2. The van der Waals surface area contributed by atoms with Crippen molar-refractivity contribution < 1.29 is 30.5 Å². The Labute approximate surface area is 91.4 Å². The summed E-state index contributed by atoms with van der Waals surface area (Å²) in [5.41, 5.74) is 0. The van der Waals surface area contributed by atoms with Crippen molar-refractivity contribution in [2.45, 2.75) is 4.90 Å². The Hall–Kier alpha value is -0.820. The quantitative estimate of drug-likeness (QED) is 0.350. The van der Waals surface area contributed by atoms with Crippen LogP contribution in [0.5, 0.6) is 0 Å². The van der Waals surface area contributed by atoms with Crippen molar-refractivity contribution in [3.63, 3.8) is 0 Å². The number of hydrogen-bond acceptors (Lipinski definition) is 5. The second-order valence-corrected chi connectivity index (χ2v) is 4.64. The molecule has 0 radical (unpaired) electrons. The van der Waals surface area contributed by atoms with Gasteiger partial charge in [-0.25, -0.2) is 13.0 Å². The van der Waals surface area contributed by atoms with Crippen molar-refractivity contribution in [2.75, 3.05) is 6.79 Å². The third-order valence-electron chi connectivity index (χ3n) is 1.50. The van der Waals surface area contributed by atoms with E-state index in [1.807, 2.05) is 0 Å². The van der Waals surface area contributed by atoms with Crippen molar-refractivity contribution in [3.8, 4) is 0 Å². The van der Waals surface area contributed by atoms with E-state index in [1.54, 1.807) is 0 Å². The van der Waals surface area contributed by atoms with Crippen LogP contribution in [0.15, 0.2) is 23.1 Å². The molecule has 0 aliphatic rings. The Balaban J connectivity index is 2.97. The number of hydrogen-bond donors (Lipinski definition) is 0. The van der Waals surface area contributed by atoms with Gasteiger partial charge in [0.05, 0.1) is 0 Å². The van der Waals surface area contributed by atoms with E-state index in [0.29, 0.717) is 12.1 Å². The van der Waals surface area contributed by atoms with Gasteiger partial charge in [-0.3, -0.25) is 4.57 Å². The zero-order valence-corrected chi connectivity index (χ0v) is 9.69. The second-order valence-electron chi connectivity index (χ2n) is 2.53. The van der Waals surface area contributed by atoms with E-state index in [-0.39, 0.29) is 0 Å². The highest BCUT2D eigenvalue weighted by Gasteiger charge is 2.20. The monoisotopic (exact) mass is 272 g/mol. The summed E-state index contributed by atoms with van der Waals surface area (Å²) in [4.78, 5) is -0.933. The van der Waals surface area contributed by atoms with Gasteiger partial charge in [0, 0.05) is 0 Å². The van der Waals surface area contributed by atoms with Crippen LogP contribution in [-0.4, -0.2) is 15.2 Å². The van der Waals surface area contributed by atoms with Gasteiger partial charge in [0.1, 0.15) is 16.5 Å². The highest BCUT2D eigenvalue weighted by atomic mass is 32.2. The number of halogens is 2. The smallest absolute Gasteiger partial charge is 0.302 e. The number of benzene rings is 1. The lowest BCUT2D eigenvalue weighted by atomic mass is 10.3. The predicted octanol–water partition coefficient (Wildman–Crippen LogP) is 1.32. The highest BCUT2D eigenvalue weighted by molar-refractivity contribution is 7.86. The lowest BCUT2D eigenvalue weighted by Gasteiger charge is -2.05. The molecule has 0 saturated carbocycles. The minimum atomic E-state index is -4.45. The summed E-state index contributed by atoms with van der Waals surface area (Å²) in [6, 6.07) is 1.91. The third-order valence-corrected chi connectivity index (χ3v) is 3.03. The van der Waals surface area contributed by atoms with Gasteiger partial charge in [-0.1, -0.05) is 0 Å². The van der Waals surface area contributed by atoms with Crippen LogP contribution in [0.3, 0.4) is 0 Å². The van der Waals surface area contributed by atoms with E-state index in [4.69, 9.17) is 0 Å². The average Bonchev–Trinajstić information content (AvgIpc) is 2.22. The maximum atomic E-state index is 13.1. The molecule has 90 valence electrons. The summed E-state index contributed by atoms with van der Waals surface area (Å²) in [6.45, 7) is -0.808. The summed E-state index contributed by atoms with van der Waals surface area (Å²) in [5, 5.41) is 0. The Morgan fingerprint density at radius 3 is 2.62 bits per heavy atom. The molecule has 0 heterocycles. The summed E-state index contributed by atoms with van der Waals surface area (Å²) < 4.78 is 66.6. The van der Waals surface area contributed by atoms with Gasteiger partial charge in [0.15, 0.2) is 15.5 Å². The minimum Gasteiger partial charge on any atom is -0.304 e. The predicted molar refractivity (Wildman–Crippen MR) is 51.0 cm³/mol. The molecule has 0 aliphatic heterocycles. The van der Waals surface area contributed by atoms with E-state index >= 15 is 0 Å². The number of rotatable bonds is 5. The molecular formula is C7H7F2O5PS. The highest BCUT2D eigenvalue weighted by Crippen LogP contribution is 2.18.